The van der Waals surface area contributed by atoms with Crippen LogP contribution in [0.2, 0.25) is 0 Å². The molecule has 1 radical (unpaired) electrons. The molecule has 2 rings (SSSR count). The van der Waals surface area contributed by atoms with Crippen LogP contribution in [0.15, 0.2) is 24.3 Å². The third-order valence-corrected chi connectivity index (χ3v) is 2.52. The Hall–Kier alpha value is -1.84. The predicted octanol–water partition coefficient (Wildman–Crippen LogP) is 0.467. The summed E-state index contributed by atoms with van der Waals surface area (Å²) in [5.74, 6) is -0.501. The van der Waals surface area contributed by atoms with Crippen LogP contribution in [0.1, 0.15) is 12.8 Å². The lowest BCUT2D eigenvalue weighted by molar-refractivity contribution is -0.121. The van der Waals surface area contributed by atoms with E-state index >= 15 is 0 Å². The van der Waals surface area contributed by atoms with Gasteiger partial charge in [-0.15, -0.1) is 0 Å². The van der Waals surface area contributed by atoms with E-state index in [9.17, 15) is 9.59 Å². The summed E-state index contributed by atoms with van der Waals surface area (Å²) in [6.45, 7) is 0. The average molecular weight is 203 g/mol. The van der Waals surface area contributed by atoms with Gasteiger partial charge in [0, 0.05) is 12.1 Å². The first kappa shape index (κ1) is 9.71. The molecule has 2 N–H and O–H groups in total. The topological polar surface area (TPSA) is 63.4 Å². The average Bonchev–Trinajstić information content (AvgIpc) is 2.61. The van der Waals surface area contributed by atoms with E-state index in [0.717, 1.165) is 0 Å². The number of amides is 2. The lowest BCUT2D eigenvalue weighted by atomic mass is 10.2. The molecule has 1 aliphatic rings. The van der Waals surface area contributed by atoms with Crippen LogP contribution < -0.4 is 10.6 Å². The van der Waals surface area contributed by atoms with Crippen molar-refractivity contribution >= 4 is 17.5 Å². The van der Waals surface area contributed by atoms with Gasteiger partial charge in [-0.2, -0.15) is 0 Å². The van der Waals surface area contributed by atoms with Crippen LogP contribution in [0.4, 0.5) is 5.69 Å². The fourth-order valence-corrected chi connectivity index (χ4v) is 1.82. The summed E-state index contributed by atoms with van der Waals surface area (Å²) in [6, 6.07) is 9.27. The number of hydrogen-bond acceptors (Lipinski definition) is 2. The summed E-state index contributed by atoms with van der Waals surface area (Å²) in [4.78, 5) is 24.2. The number of carbonyl (C=O) groups excluding carboxylic acids is 2. The molecule has 15 heavy (non-hydrogen) atoms. The first-order valence-electron chi connectivity index (χ1n) is 4.77. The molecule has 1 aromatic rings. The Labute approximate surface area is 87.7 Å². The molecule has 4 nitrogen and oxygen atoms in total. The Morgan fingerprint density at radius 1 is 1.47 bits per heavy atom. The highest BCUT2D eigenvalue weighted by molar-refractivity contribution is 6.03. The summed E-state index contributed by atoms with van der Waals surface area (Å²) in [7, 11) is 0. The van der Waals surface area contributed by atoms with Crippen molar-refractivity contribution in [3.05, 3.63) is 30.3 Å². The monoisotopic (exact) mass is 203 g/mol. The highest BCUT2D eigenvalue weighted by Gasteiger charge is 2.35. The molecular formula is C11H11N2O2. The molecule has 0 saturated carbocycles. The quantitative estimate of drug-likeness (QED) is 0.759. The van der Waals surface area contributed by atoms with Gasteiger partial charge in [0.15, 0.2) is 0 Å². The maximum Gasteiger partial charge on any atom is 0.240 e. The Morgan fingerprint density at radius 3 is 2.73 bits per heavy atom. The number of rotatable bonds is 2. The standard InChI is InChI=1S/C11H11N2O2/c12-11(15)9-6-7-10(14)13(9)8-4-2-1-3-5-8/h2-5,9H,6-7H2,(H2,12,15). The van der Waals surface area contributed by atoms with Crippen LogP contribution >= 0.6 is 0 Å². The molecule has 0 spiro atoms. The van der Waals surface area contributed by atoms with Crippen molar-refractivity contribution in [3.63, 3.8) is 0 Å². The van der Waals surface area contributed by atoms with E-state index in [4.69, 9.17) is 5.73 Å². The van der Waals surface area contributed by atoms with E-state index in [2.05, 4.69) is 6.07 Å². The van der Waals surface area contributed by atoms with Crippen LogP contribution in [-0.4, -0.2) is 17.9 Å². The molecule has 1 fully saturated rings. The second-order valence-corrected chi connectivity index (χ2v) is 3.48. The van der Waals surface area contributed by atoms with Gasteiger partial charge >= 0.3 is 0 Å². The number of nitrogens with two attached hydrogens (primary N) is 1. The molecule has 1 heterocycles. The van der Waals surface area contributed by atoms with Gasteiger partial charge in [0.2, 0.25) is 11.8 Å². The number of hydrogen-bond donors (Lipinski definition) is 1. The van der Waals surface area contributed by atoms with Crippen LogP contribution in [-0.2, 0) is 9.59 Å². The first-order chi connectivity index (χ1) is 7.20. The Bertz CT molecular complexity index is 389. The first-order valence-corrected chi connectivity index (χ1v) is 4.77. The summed E-state index contributed by atoms with van der Waals surface area (Å²) in [5.41, 5.74) is 5.96. The van der Waals surface area contributed by atoms with E-state index in [-0.39, 0.29) is 5.91 Å². The highest BCUT2D eigenvalue weighted by atomic mass is 16.2. The highest BCUT2D eigenvalue weighted by Crippen LogP contribution is 2.25. The third kappa shape index (κ3) is 1.70. The molecule has 1 aromatic carbocycles. The Morgan fingerprint density at radius 2 is 2.13 bits per heavy atom. The molecule has 77 valence electrons. The van der Waals surface area contributed by atoms with Gasteiger partial charge < -0.3 is 5.73 Å². The minimum absolute atomic E-state index is 0.0509. The van der Waals surface area contributed by atoms with E-state index < -0.39 is 11.9 Å². The van der Waals surface area contributed by atoms with Crippen LogP contribution in [0.3, 0.4) is 0 Å². The maximum absolute atomic E-state index is 11.6. The Balaban J connectivity index is 2.33. The molecule has 4 heteroatoms. The van der Waals surface area contributed by atoms with Gasteiger partial charge in [0.25, 0.3) is 0 Å². The van der Waals surface area contributed by atoms with Gasteiger partial charge in [0.1, 0.15) is 6.04 Å². The minimum atomic E-state index is -0.500. The van der Waals surface area contributed by atoms with Crippen molar-refractivity contribution in [2.24, 2.45) is 5.73 Å². The maximum atomic E-state index is 11.6. The lowest BCUT2D eigenvalue weighted by Crippen LogP contribution is -2.42. The van der Waals surface area contributed by atoms with Gasteiger partial charge in [-0.25, -0.2) is 0 Å². The van der Waals surface area contributed by atoms with Gasteiger partial charge in [0.05, 0.1) is 0 Å². The molecule has 2 amide bonds. The number of nitrogens with zero attached hydrogens (tertiary/aromatic N) is 1. The minimum Gasteiger partial charge on any atom is -0.368 e. The smallest absolute Gasteiger partial charge is 0.240 e. The van der Waals surface area contributed by atoms with Crippen molar-refractivity contribution in [1.82, 2.24) is 0 Å². The predicted molar refractivity (Wildman–Crippen MR) is 55.0 cm³/mol. The van der Waals surface area contributed by atoms with Crippen molar-refractivity contribution in [3.8, 4) is 0 Å². The Kier molecular flexibility index (Phi) is 2.41. The number of anilines is 1. The van der Waals surface area contributed by atoms with Crippen molar-refractivity contribution in [2.45, 2.75) is 18.9 Å². The van der Waals surface area contributed by atoms with Crippen molar-refractivity contribution in [2.75, 3.05) is 4.90 Å². The summed E-state index contributed by atoms with van der Waals surface area (Å²) in [5, 5.41) is 0. The molecular weight excluding hydrogens is 192 g/mol. The van der Waals surface area contributed by atoms with Crippen molar-refractivity contribution < 1.29 is 9.59 Å². The zero-order chi connectivity index (χ0) is 10.8. The third-order valence-electron chi connectivity index (χ3n) is 2.52. The summed E-state index contributed by atoms with van der Waals surface area (Å²) >= 11 is 0. The fraction of sp³-hybridized carbons (Fsp3) is 0.273. The van der Waals surface area contributed by atoms with E-state index in [0.29, 0.717) is 18.5 Å². The zero-order valence-electron chi connectivity index (χ0n) is 8.14. The molecule has 1 atom stereocenters. The van der Waals surface area contributed by atoms with Crippen LogP contribution in [0.5, 0.6) is 0 Å². The summed E-state index contributed by atoms with van der Waals surface area (Å²) < 4.78 is 0. The van der Waals surface area contributed by atoms with E-state index in [1.165, 1.54) is 4.90 Å². The van der Waals surface area contributed by atoms with Crippen LogP contribution in [0, 0.1) is 6.07 Å². The van der Waals surface area contributed by atoms with E-state index in [1.807, 2.05) is 0 Å². The number of primary amides is 1. The second kappa shape index (κ2) is 3.73. The molecule has 0 bridgehead atoms. The fourth-order valence-electron chi connectivity index (χ4n) is 1.82. The van der Waals surface area contributed by atoms with Gasteiger partial charge in [-0.05, 0) is 24.6 Å². The number of benzene rings is 1. The molecule has 1 saturated heterocycles. The SMILES string of the molecule is NC(=O)C1CCC(=O)N1c1cc[c]cc1. The molecule has 1 unspecified atom stereocenters. The molecule has 0 aliphatic carbocycles. The lowest BCUT2D eigenvalue weighted by Gasteiger charge is -2.22. The molecule has 0 aromatic heterocycles. The number of carbonyl (C=O) groups is 2. The second-order valence-electron chi connectivity index (χ2n) is 3.48. The van der Waals surface area contributed by atoms with E-state index in [1.54, 1.807) is 24.3 Å². The normalized spacial score (nSPS) is 20.7. The van der Waals surface area contributed by atoms with Crippen molar-refractivity contribution in [1.29, 1.82) is 0 Å². The molecule has 1 aliphatic heterocycles. The largest absolute Gasteiger partial charge is 0.368 e. The summed E-state index contributed by atoms with van der Waals surface area (Å²) in [6.07, 6.45) is 0.888. The zero-order valence-corrected chi connectivity index (χ0v) is 8.14. The van der Waals surface area contributed by atoms with Gasteiger partial charge in [-0.1, -0.05) is 12.1 Å². The van der Waals surface area contributed by atoms with Crippen LogP contribution in [0.25, 0.3) is 0 Å². The van der Waals surface area contributed by atoms with Gasteiger partial charge in [-0.3, -0.25) is 14.5 Å².